The minimum Gasteiger partial charge on any atom is -0.293 e. The number of sulfone groups is 1. The number of Topliss-reactive ketones (excluding diaryl/α,β-unsaturated/α-hetero) is 1. The Morgan fingerprint density at radius 2 is 1.83 bits per heavy atom. The molecule has 0 radical (unpaired) electrons. The SMILES string of the molecule is O=C(CS(=O)(=O)C1CCCC1)c1ccccc1Br. The number of carbonyl (C=O) groups excluding carboxylic acids is 1. The summed E-state index contributed by atoms with van der Waals surface area (Å²) in [7, 11) is -3.29. The van der Waals surface area contributed by atoms with Gasteiger partial charge in [-0.05, 0) is 18.9 Å². The molecule has 1 fully saturated rings. The van der Waals surface area contributed by atoms with Crippen molar-refractivity contribution in [2.24, 2.45) is 0 Å². The van der Waals surface area contributed by atoms with E-state index in [9.17, 15) is 13.2 Å². The van der Waals surface area contributed by atoms with Crippen LogP contribution in [-0.4, -0.2) is 25.2 Å². The molecule has 1 aliphatic carbocycles. The Bertz CT molecular complexity index is 545. The summed E-state index contributed by atoms with van der Waals surface area (Å²) in [5.74, 6) is -0.699. The van der Waals surface area contributed by atoms with Gasteiger partial charge in [-0.15, -0.1) is 0 Å². The Kier molecular flexibility index (Phi) is 4.22. The van der Waals surface area contributed by atoms with Crippen LogP contribution >= 0.6 is 15.9 Å². The Hall–Kier alpha value is -0.680. The molecule has 0 N–H and O–H groups in total. The molecular formula is C13H15BrO3S. The lowest BCUT2D eigenvalue weighted by Gasteiger charge is -2.10. The van der Waals surface area contributed by atoms with Crippen molar-refractivity contribution < 1.29 is 13.2 Å². The minimum atomic E-state index is -3.29. The standard InChI is InChI=1S/C13H15BrO3S/c14-12-8-4-3-7-11(12)13(15)9-18(16,17)10-5-1-2-6-10/h3-4,7-8,10H,1-2,5-6,9H2. The molecule has 1 saturated carbocycles. The maximum Gasteiger partial charge on any atom is 0.179 e. The maximum absolute atomic E-state index is 12.1. The molecule has 0 amide bonds. The fraction of sp³-hybridized carbons (Fsp3) is 0.462. The molecule has 0 atom stereocenters. The third-order valence-corrected chi connectivity index (χ3v) is 6.16. The quantitative estimate of drug-likeness (QED) is 0.797. The monoisotopic (exact) mass is 330 g/mol. The van der Waals surface area contributed by atoms with Crippen LogP contribution in [0.25, 0.3) is 0 Å². The Morgan fingerprint density at radius 1 is 1.22 bits per heavy atom. The molecule has 98 valence electrons. The number of hydrogen-bond acceptors (Lipinski definition) is 3. The lowest BCUT2D eigenvalue weighted by atomic mass is 10.1. The molecule has 1 aliphatic rings. The summed E-state index contributed by atoms with van der Waals surface area (Å²) in [5, 5.41) is -0.316. The third-order valence-electron chi connectivity index (χ3n) is 3.32. The van der Waals surface area contributed by atoms with E-state index in [0.29, 0.717) is 22.9 Å². The molecule has 0 unspecified atom stereocenters. The lowest BCUT2D eigenvalue weighted by Crippen LogP contribution is -2.26. The van der Waals surface area contributed by atoms with Crippen molar-refractivity contribution in [3.8, 4) is 0 Å². The summed E-state index contributed by atoms with van der Waals surface area (Å²) in [4.78, 5) is 12.0. The van der Waals surface area contributed by atoms with Crippen LogP contribution in [0, 0.1) is 0 Å². The van der Waals surface area contributed by atoms with Crippen molar-refractivity contribution in [2.75, 3.05) is 5.75 Å². The van der Waals surface area contributed by atoms with Crippen molar-refractivity contribution in [3.63, 3.8) is 0 Å². The Balaban J connectivity index is 2.14. The molecule has 0 saturated heterocycles. The molecule has 0 spiro atoms. The summed E-state index contributed by atoms with van der Waals surface area (Å²) in [6, 6.07) is 6.93. The van der Waals surface area contributed by atoms with Crippen molar-refractivity contribution in [2.45, 2.75) is 30.9 Å². The van der Waals surface area contributed by atoms with Crippen molar-refractivity contribution in [1.82, 2.24) is 0 Å². The minimum absolute atomic E-state index is 0.316. The predicted molar refractivity (Wildman–Crippen MR) is 74.5 cm³/mol. The van der Waals surface area contributed by atoms with Crippen molar-refractivity contribution in [3.05, 3.63) is 34.3 Å². The molecule has 0 aliphatic heterocycles. The zero-order chi connectivity index (χ0) is 13.2. The zero-order valence-corrected chi connectivity index (χ0v) is 12.3. The van der Waals surface area contributed by atoms with E-state index < -0.39 is 9.84 Å². The lowest BCUT2D eigenvalue weighted by molar-refractivity contribution is 0.102. The first-order valence-corrected chi connectivity index (χ1v) is 8.51. The number of carbonyl (C=O) groups is 1. The van der Waals surface area contributed by atoms with Crippen LogP contribution in [0.15, 0.2) is 28.7 Å². The van der Waals surface area contributed by atoms with Gasteiger partial charge in [0.25, 0.3) is 0 Å². The summed E-state index contributed by atoms with van der Waals surface area (Å²) in [6.07, 6.45) is 3.30. The van der Waals surface area contributed by atoms with Gasteiger partial charge in [-0.2, -0.15) is 0 Å². The molecule has 1 aromatic rings. The first kappa shape index (κ1) is 13.7. The number of halogens is 1. The van der Waals surface area contributed by atoms with E-state index >= 15 is 0 Å². The predicted octanol–water partition coefficient (Wildman–Crippen LogP) is 2.99. The Morgan fingerprint density at radius 3 is 2.44 bits per heavy atom. The fourth-order valence-electron chi connectivity index (χ4n) is 2.31. The molecule has 18 heavy (non-hydrogen) atoms. The third kappa shape index (κ3) is 3.01. The zero-order valence-electron chi connectivity index (χ0n) is 9.93. The number of hydrogen-bond donors (Lipinski definition) is 0. The van der Waals surface area contributed by atoms with E-state index in [1.807, 2.05) is 0 Å². The second-order valence-corrected chi connectivity index (χ2v) is 7.75. The van der Waals surface area contributed by atoms with E-state index in [1.165, 1.54) is 0 Å². The van der Waals surface area contributed by atoms with Crippen LogP contribution in [0.1, 0.15) is 36.0 Å². The van der Waals surface area contributed by atoms with Gasteiger partial charge in [0.15, 0.2) is 15.6 Å². The van der Waals surface area contributed by atoms with Gasteiger partial charge < -0.3 is 0 Å². The highest BCUT2D eigenvalue weighted by atomic mass is 79.9. The van der Waals surface area contributed by atoms with Gasteiger partial charge in [-0.3, -0.25) is 4.79 Å². The molecular weight excluding hydrogens is 316 g/mol. The van der Waals surface area contributed by atoms with Gasteiger partial charge in [-0.25, -0.2) is 8.42 Å². The van der Waals surface area contributed by atoms with Gasteiger partial charge in [0.2, 0.25) is 0 Å². The van der Waals surface area contributed by atoms with Gasteiger partial charge in [0.05, 0.1) is 5.25 Å². The number of ketones is 1. The first-order chi connectivity index (χ1) is 8.50. The smallest absolute Gasteiger partial charge is 0.179 e. The molecule has 1 aromatic carbocycles. The van der Waals surface area contributed by atoms with E-state index in [0.717, 1.165) is 12.8 Å². The van der Waals surface area contributed by atoms with Gasteiger partial charge >= 0.3 is 0 Å². The van der Waals surface area contributed by atoms with Gasteiger partial charge in [0.1, 0.15) is 5.75 Å². The largest absolute Gasteiger partial charge is 0.293 e. The Labute approximate surface area is 116 Å². The number of benzene rings is 1. The average molecular weight is 331 g/mol. The molecule has 2 rings (SSSR count). The molecule has 0 heterocycles. The second kappa shape index (κ2) is 5.53. The fourth-order valence-corrected chi connectivity index (χ4v) is 4.63. The average Bonchev–Trinajstić information content (AvgIpc) is 2.82. The van der Waals surface area contributed by atoms with Crippen LogP contribution < -0.4 is 0 Å². The van der Waals surface area contributed by atoms with Crippen molar-refractivity contribution in [1.29, 1.82) is 0 Å². The maximum atomic E-state index is 12.1. The first-order valence-electron chi connectivity index (χ1n) is 6.00. The van der Waals surface area contributed by atoms with E-state index in [4.69, 9.17) is 0 Å². The van der Waals surface area contributed by atoms with Crippen LogP contribution in [0.2, 0.25) is 0 Å². The summed E-state index contributed by atoms with van der Waals surface area (Å²) >= 11 is 3.27. The summed E-state index contributed by atoms with van der Waals surface area (Å²) < 4.78 is 24.8. The van der Waals surface area contributed by atoms with Gasteiger partial charge in [0, 0.05) is 10.0 Å². The second-order valence-electron chi connectivity index (χ2n) is 4.62. The molecule has 0 aromatic heterocycles. The van der Waals surface area contributed by atoms with E-state index in [1.54, 1.807) is 24.3 Å². The summed E-state index contributed by atoms with van der Waals surface area (Å²) in [6.45, 7) is 0. The highest BCUT2D eigenvalue weighted by Crippen LogP contribution is 2.26. The van der Waals surface area contributed by atoms with Crippen LogP contribution in [0.4, 0.5) is 0 Å². The van der Waals surface area contributed by atoms with Crippen LogP contribution in [0.3, 0.4) is 0 Å². The highest BCUT2D eigenvalue weighted by molar-refractivity contribution is 9.10. The summed E-state index contributed by atoms with van der Waals surface area (Å²) in [5.41, 5.74) is 0.444. The molecule has 0 bridgehead atoms. The normalized spacial score (nSPS) is 16.9. The van der Waals surface area contributed by atoms with E-state index in [2.05, 4.69) is 15.9 Å². The highest BCUT2D eigenvalue weighted by Gasteiger charge is 2.31. The van der Waals surface area contributed by atoms with Crippen LogP contribution in [-0.2, 0) is 9.84 Å². The topological polar surface area (TPSA) is 51.2 Å². The van der Waals surface area contributed by atoms with Gasteiger partial charge in [-0.1, -0.05) is 47.0 Å². The van der Waals surface area contributed by atoms with Crippen molar-refractivity contribution >= 4 is 31.6 Å². The number of rotatable bonds is 4. The molecule has 5 heteroatoms. The van der Waals surface area contributed by atoms with Crippen LogP contribution in [0.5, 0.6) is 0 Å². The molecule has 3 nitrogen and oxygen atoms in total. The van der Waals surface area contributed by atoms with E-state index in [-0.39, 0.29) is 16.8 Å².